The van der Waals surface area contributed by atoms with Gasteiger partial charge in [0, 0.05) is 24.9 Å². The van der Waals surface area contributed by atoms with Gasteiger partial charge in [-0.2, -0.15) is 0 Å². The summed E-state index contributed by atoms with van der Waals surface area (Å²) in [6.07, 6.45) is 12.4. The minimum atomic E-state index is 0.370. The van der Waals surface area contributed by atoms with Crippen LogP contribution in [0.15, 0.2) is 18.2 Å². The van der Waals surface area contributed by atoms with Crippen LogP contribution in [0.1, 0.15) is 74.8 Å². The predicted molar refractivity (Wildman–Crippen MR) is 100.0 cm³/mol. The van der Waals surface area contributed by atoms with E-state index in [1.807, 2.05) is 0 Å². The fourth-order valence-electron chi connectivity index (χ4n) is 5.52. The van der Waals surface area contributed by atoms with Gasteiger partial charge in [0.2, 0.25) is 5.91 Å². The highest BCUT2D eigenvalue weighted by molar-refractivity contribution is 5.81. The van der Waals surface area contributed by atoms with Gasteiger partial charge in [-0.05, 0) is 48.8 Å². The van der Waals surface area contributed by atoms with Crippen molar-refractivity contribution in [3.8, 4) is 5.75 Å². The van der Waals surface area contributed by atoms with E-state index in [-0.39, 0.29) is 0 Å². The minimum Gasteiger partial charge on any atom is -0.496 e. The van der Waals surface area contributed by atoms with Gasteiger partial charge < -0.3 is 9.64 Å². The van der Waals surface area contributed by atoms with E-state index < -0.39 is 0 Å². The summed E-state index contributed by atoms with van der Waals surface area (Å²) in [5, 5.41) is 0. The largest absolute Gasteiger partial charge is 0.496 e. The Bertz CT molecular complexity index is 620. The molecule has 1 heterocycles. The highest BCUT2D eigenvalue weighted by atomic mass is 16.5. The molecule has 2 fully saturated rings. The Hall–Kier alpha value is -1.51. The molecule has 3 aliphatic rings. The van der Waals surface area contributed by atoms with Gasteiger partial charge in [0.05, 0.1) is 7.11 Å². The molecule has 1 saturated carbocycles. The van der Waals surface area contributed by atoms with Gasteiger partial charge in [-0.15, -0.1) is 0 Å². The SMILES string of the molecule is COc1cccc2c1CC[C@@H]1[C@H]2CC(=O)N1CCCC1CCCCC1. The van der Waals surface area contributed by atoms with Crippen molar-refractivity contribution in [3.63, 3.8) is 0 Å². The standard InChI is InChI=1S/C22H31NO2/c1-25-21-11-5-10-17-18(21)12-13-20-19(17)15-22(24)23(20)14-6-9-16-7-3-2-4-8-16/h5,10-11,16,19-20H,2-4,6-9,12-15H2,1H3/t19-,20+/m0/s1. The van der Waals surface area contributed by atoms with Crippen LogP contribution in [0.25, 0.3) is 0 Å². The maximum Gasteiger partial charge on any atom is 0.223 e. The molecule has 136 valence electrons. The Labute approximate surface area is 151 Å². The number of nitrogens with zero attached hydrogens (tertiary/aromatic N) is 1. The zero-order chi connectivity index (χ0) is 17.2. The summed E-state index contributed by atoms with van der Waals surface area (Å²) in [4.78, 5) is 14.9. The van der Waals surface area contributed by atoms with Crippen LogP contribution in [-0.2, 0) is 11.2 Å². The number of rotatable bonds is 5. The molecule has 3 heteroatoms. The Morgan fingerprint density at radius 3 is 2.80 bits per heavy atom. The van der Waals surface area contributed by atoms with E-state index in [9.17, 15) is 4.79 Å². The second-order valence-electron chi connectivity index (χ2n) is 8.18. The van der Waals surface area contributed by atoms with Gasteiger partial charge in [-0.1, -0.05) is 44.2 Å². The number of hydrogen-bond donors (Lipinski definition) is 0. The second kappa shape index (κ2) is 7.39. The van der Waals surface area contributed by atoms with E-state index in [0.717, 1.165) is 31.1 Å². The Balaban J connectivity index is 1.41. The molecule has 0 spiro atoms. The van der Waals surface area contributed by atoms with Crippen LogP contribution in [0, 0.1) is 5.92 Å². The van der Waals surface area contributed by atoms with E-state index >= 15 is 0 Å². The molecule has 2 atom stereocenters. The highest BCUT2D eigenvalue weighted by Crippen LogP contribution is 2.44. The summed E-state index contributed by atoms with van der Waals surface area (Å²) < 4.78 is 5.55. The van der Waals surface area contributed by atoms with Gasteiger partial charge in [0.1, 0.15) is 5.75 Å². The number of amides is 1. The van der Waals surface area contributed by atoms with Crippen LogP contribution in [0.3, 0.4) is 0 Å². The molecular weight excluding hydrogens is 310 g/mol. The number of methoxy groups -OCH3 is 1. The summed E-state index contributed by atoms with van der Waals surface area (Å²) in [6.45, 7) is 0.968. The van der Waals surface area contributed by atoms with Gasteiger partial charge in [-0.3, -0.25) is 4.79 Å². The average Bonchev–Trinajstić information content (AvgIpc) is 2.98. The van der Waals surface area contributed by atoms with Crippen molar-refractivity contribution in [2.75, 3.05) is 13.7 Å². The van der Waals surface area contributed by atoms with Crippen LogP contribution >= 0.6 is 0 Å². The Kier molecular flexibility index (Phi) is 5.00. The first-order chi connectivity index (χ1) is 12.3. The zero-order valence-electron chi connectivity index (χ0n) is 15.5. The van der Waals surface area contributed by atoms with Crippen molar-refractivity contribution in [1.82, 2.24) is 4.90 Å². The second-order valence-corrected chi connectivity index (χ2v) is 8.18. The number of likely N-dealkylation sites (tertiary alicyclic amines) is 1. The number of carbonyl (C=O) groups excluding carboxylic acids is 1. The van der Waals surface area contributed by atoms with Crippen LogP contribution in [0.2, 0.25) is 0 Å². The van der Waals surface area contributed by atoms with E-state index in [0.29, 0.717) is 24.3 Å². The molecule has 0 unspecified atom stereocenters. The molecule has 0 aromatic heterocycles. The number of carbonyl (C=O) groups is 1. The van der Waals surface area contributed by atoms with Gasteiger partial charge >= 0.3 is 0 Å². The highest BCUT2D eigenvalue weighted by Gasteiger charge is 2.43. The van der Waals surface area contributed by atoms with Crippen LogP contribution in [0.4, 0.5) is 0 Å². The molecule has 1 amide bonds. The van der Waals surface area contributed by atoms with Crippen LogP contribution < -0.4 is 4.74 Å². The number of hydrogen-bond acceptors (Lipinski definition) is 2. The zero-order valence-corrected chi connectivity index (χ0v) is 15.5. The number of ether oxygens (including phenoxy) is 1. The monoisotopic (exact) mass is 341 g/mol. The fourth-order valence-corrected chi connectivity index (χ4v) is 5.52. The summed E-state index contributed by atoms with van der Waals surface area (Å²) >= 11 is 0. The molecule has 25 heavy (non-hydrogen) atoms. The predicted octanol–water partition coefficient (Wildman–Crippen LogP) is 4.69. The first kappa shape index (κ1) is 16.9. The van der Waals surface area contributed by atoms with Crippen LogP contribution in [0.5, 0.6) is 5.75 Å². The van der Waals surface area contributed by atoms with Crippen molar-refractivity contribution < 1.29 is 9.53 Å². The van der Waals surface area contributed by atoms with E-state index in [1.165, 1.54) is 56.1 Å². The average molecular weight is 341 g/mol. The molecule has 1 saturated heterocycles. The Morgan fingerprint density at radius 2 is 2.00 bits per heavy atom. The molecule has 4 rings (SSSR count). The van der Waals surface area contributed by atoms with E-state index in [1.54, 1.807) is 7.11 Å². The fraction of sp³-hybridized carbons (Fsp3) is 0.682. The first-order valence-corrected chi connectivity index (χ1v) is 10.2. The number of benzene rings is 1. The molecular formula is C22H31NO2. The van der Waals surface area contributed by atoms with Crippen molar-refractivity contribution in [1.29, 1.82) is 0 Å². The molecule has 0 radical (unpaired) electrons. The summed E-state index contributed by atoms with van der Waals surface area (Å²) in [5.74, 6) is 2.66. The lowest BCUT2D eigenvalue weighted by Crippen LogP contribution is -2.38. The molecule has 1 aromatic carbocycles. The number of fused-ring (bicyclic) bond motifs is 3. The molecule has 0 bridgehead atoms. The van der Waals surface area contributed by atoms with E-state index in [2.05, 4.69) is 23.1 Å². The lowest BCUT2D eigenvalue weighted by Gasteiger charge is -2.34. The van der Waals surface area contributed by atoms with Gasteiger partial charge in [0.15, 0.2) is 0 Å². The molecule has 0 N–H and O–H groups in total. The topological polar surface area (TPSA) is 29.5 Å². The smallest absolute Gasteiger partial charge is 0.223 e. The summed E-state index contributed by atoms with van der Waals surface area (Å²) in [5.41, 5.74) is 2.70. The maximum absolute atomic E-state index is 12.7. The first-order valence-electron chi connectivity index (χ1n) is 10.2. The maximum atomic E-state index is 12.7. The lowest BCUT2D eigenvalue weighted by molar-refractivity contribution is -0.129. The van der Waals surface area contributed by atoms with Crippen molar-refractivity contribution in [3.05, 3.63) is 29.3 Å². The summed E-state index contributed by atoms with van der Waals surface area (Å²) in [7, 11) is 1.75. The summed E-state index contributed by atoms with van der Waals surface area (Å²) in [6, 6.07) is 6.76. The van der Waals surface area contributed by atoms with Crippen molar-refractivity contribution in [2.24, 2.45) is 5.92 Å². The van der Waals surface area contributed by atoms with Gasteiger partial charge in [0.25, 0.3) is 0 Å². The molecule has 1 aromatic rings. The molecule has 1 aliphatic heterocycles. The van der Waals surface area contributed by atoms with Crippen LogP contribution in [-0.4, -0.2) is 30.5 Å². The van der Waals surface area contributed by atoms with Crippen molar-refractivity contribution in [2.45, 2.75) is 76.2 Å². The third kappa shape index (κ3) is 3.30. The lowest BCUT2D eigenvalue weighted by atomic mass is 9.79. The third-order valence-electron chi connectivity index (χ3n) is 6.79. The molecule has 3 nitrogen and oxygen atoms in total. The quantitative estimate of drug-likeness (QED) is 0.778. The minimum absolute atomic E-state index is 0.370. The van der Waals surface area contributed by atoms with Gasteiger partial charge in [-0.25, -0.2) is 0 Å². The normalized spacial score (nSPS) is 26.4. The van der Waals surface area contributed by atoms with Crippen molar-refractivity contribution >= 4 is 5.91 Å². The van der Waals surface area contributed by atoms with E-state index in [4.69, 9.17) is 4.74 Å². The third-order valence-corrected chi connectivity index (χ3v) is 6.79. The Morgan fingerprint density at radius 1 is 1.16 bits per heavy atom. The molecule has 2 aliphatic carbocycles.